The first-order valence-corrected chi connectivity index (χ1v) is 5.29. The lowest BCUT2D eigenvalue weighted by Crippen LogP contribution is -2.51. The molecule has 5 nitrogen and oxygen atoms in total. The third-order valence-electron chi connectivity index (χ3n) is 2.20. The summed E-state index contributed by atoms with van der Waals surface area (Å²) < 4.78 is 0.315. The Morgan fingerprint density at radius 2 is 1.80 bits per heavy atom. The van der Waals surface area contributed by atoms with Gasteiger partial charge in [-0.3, -0.25) is 0 Å². The van der Waals surface area contributed by atoms with Crippen molar-refractivity contribution in [3.05, 3.63) is 0 Å². The molecule has 0 aliphatic carbocycles. The third kappa shape index (κ3) is 2.28. The molecule has 2 amide bonds. The summed E-state index contributed by atoms with van der Waals surface area (Å²) in [5, 5.41) is 0. The van der Waals surface area contributed by atoms with E-state index < -0.39 is 0 Å². The Balaban J connectivity index is 3.11. The van der Waals surface area contributed by atoms with Gasteiger partial charge >= 0.3 is 12.0 Å². The SMILES string of the molecule is CC(C)N=C1N(C(C)C)C(=O)N[N+]1(C)C. The fraction of sp³-hybridized carbons (Fsp3) is 0.800. The van der Waals surface area contributed by atoms with Crippen molar-refractivity contribution in [2.24, 2.45) is 4.99 Å². The summed E-state index contributed by atoms with van der Waals surface area (Å²) in [4.78, 5) is 18.0. The van der Waals surface area contributed by atoms with Crippen LogP contribution in [0, 0.1) is 0 Å². The molecule has 1 saturated heterocycles. The lowest BCUT2D eigenvalue weighted by atomic mass is 10.3. The van der Waals surface area contributed by atoms with Crippen LogP contribution in [0.1, 0.15) is 27.7 Å². The van der Waals surface area contributed by atoms with Crippen molar-refractivity contribution in [2.45, 2.75) is 39.8 Å². The van der Waals surface area contributed by atoms with Gasteiger partial charge in [-0.2, -0.15) is 10.0 Å². The van der Waals surface area contributed by atoms with Gasteiger partial charge in [0, 0.05) is 6.04 Å². The van der Waals surface area contributed by atoms with Gasteiger partial charge in [0.15, 0.2) is 0 Å². The van der Waals surface area contributed by atoms with Crippen molar-refractivity contribution >= 4 is 12.0 Å². The van der Waals surface area contributed by atoms with E-state index in [1.807, 2.05) is 41.8 Å². The number of guanidine groups is 1. The molecule has 0 spiro atoms. The Morgan fingerprint density at radius 3 is 2.20 bits per heavy atom. The zero-order valence-corrected chi connectivity index (χ0v) is 10.4. The van der Waals surface area contributed by atoms with Crippen LogP contribution in [0.3, 0.4) is 0 Å². The summed E-state index contributed by atoms with van der Waals surface area (Å²) in [6.07, 6.45) is 0. The molecule has 0 atom stereocenters. The molecule has 0 unspecified atom stereocenters. The largest absolute Gasteiger partial charge is 0.372 e. The van der Waals surface area contributed by atoms with E-state index in [4.69, 9.17) is 0 Å². The predicted octanol–water partition coefficient (Wildman–Crippen LogP) is 1.18. The van der Waals surface area contributed by atoms with E-state index in [-0.39, 0.29) is 18.1 Å². The van der Waals surface area contributed by atoms with E-state index in [0.29, 0.717) is 4.59 Å². The van der Waals surface area contributed by atoms with E-state index in [2.05, 4.69) is 10.4 Å². The number of hydrogen-bond donors (Lipinski definition) is 1. The van der Waals surface area contributed by atoms with Gasteiger partial charge in [0.1, 0.15) is 0 Å². The van der Waals surface area contributed by atoms with Crippen LogP contribution in [-0.4, -0.2) is 47.7 Å². The first-order valence-electron chi connectivity index (χ1n) is 5.29. The van der Waals surface area contributed by atoms with Crippen LogP contribution >= 0.6 is 0 Å². The molecule has 1 rings (SSSR count). The summed E-state index contributed by atoms with van der Waals surface area (Å²) >= 11 is 0. The molecule has 1 aliphatic rings. The molecule has 0 bridgehead atoms. The first-order chi connectivity index (χ1) is 6.75. The van der Waals surface area contributed by atoms with Gasteiger partial charge in [0.05, 0.1) is 20.1 Å². The number of quaternary nitrogens is 1. The predicted molar refractivity (Wildman–Crippen MR) is 60.2 cm³/mol. The van der Waals surface area contributed by atoms with Crippen LogP contribution < -0.4 is 5.43 Å². The second-order valence-electron chi connectivity index (χ2n) is 4.86. The summed E-state index contributed by atoms with van der Waals surface area (Å²) in [6, 6.07) is 0.239. The molecule has 0 aromatic heterocycles. The molecule has 0 aromatic carbocycles. The van der Waals surface area contributed by atoms with Crippen LogP contribution in [0.5, 0.6) is 0 Å². The normalized spacial score (nSPS) is 23.1. The van der Waals surface area contributed by atoms with Gasteiger partial charge in [-0.15, -0.1) is 0 Å². The molecule has 1 fully saturated rings. The van der Waals surface area contributed by atoms with Gasteiger partial charge in [0.25, 0.3) is 0 Å². The van der Waals surface area contributed by atoms with Crippen LogP contribution in [0.4, 0.5) is 4.79 Å². The highest BCUT2D eigenvalue weighted by Gasteiger charge is 2.45. The van der Waals surface area contributed by atoms with Crippen molar-refractivity contribution in [1.29, 1.82) is 0 Å². The minimum atomic E-state index is -0.0746. The number of urea groups is 1. The lowest BCUT2D eigenvalue weighted by molar-refractivity contribution is -0.833. The molecule has 0 saturated carbocycles. The summed E-state index contributed by atoms with van der Waals surface area (Å²) in [5.41, 5.74) is 2.87. The maximum Gasteiger partial charge on any atom is 0.372 e. The van der Waals surface area contributed by atoms with Gasteiger partial charge in [0.2, 0.25) is 0 Å². The number of carbonyl (C=O) groups is 1. The number of nitrogens with one attached hydrogen (secondary N) is 1. The Kier molecular flexibility index (Phi) is 3.04. The average molecular weight is 213 g/mol. The highest BCUT2D eigenvalue weighted by Crippen LogP contribution is 2.16. The molecule has 15 heavy (non-hydrogen) atoms. The Morgan fingerprint density at radius 1 is 1.27 bits per heavy atom. The summed E-state index contributed by atoms with van der Waals surface area (Å²) in [6.45, 7) is 7.99. The fourth-order valence-corrected chi connectivity index (χ4v) is 1.61. The number of hydrogen-bond acceptors (Lipinski definition) is 2. The standard InChI is InChI=1S/C10H20N4O/c1-7(2)11-9-13(8(3)4)10(15)12-14(9,5)6/h7-8H,1-6H3/p+1. The topological polar surface area (TPSA) is 44.7 Å². The van der Waals surface area contributed by atoms with Crippen LogP contribution in [0.25, 0.3) is 0 Å². The minimum Gasteiger partial charge on any atom is -0.243 e. The second-order valence-corrected chi connectivity index (χ2v) is 4.86. The van der Waals surface area contributed by atoms with Gasteiger partial charge in [-0.1, -0.05) is 0 Å². The van der Waals surface area contributed by atoms with Crippen LogP contribution in [0.15, 0.2) is 4.99 Å². The second kappa shape index (κ2) is 3.81. The third-order valence-corrected chi connectivity index (χ3v) is 2.20. The summed E-state index contributed by atoms with van der Waals surface area (Å²) in [5.74, 6) is 0.782. The molecular weight excluding hydrogens is 192 g/mol. The van der Waals surface area contributed by atoms with Crippen LogP contribution in [0.2, 0.25) is 0 Å². The van der Waals surface area contributed by atoms with Crippen molar-refractivity contribution in [2.75, 3.05) is 14.1 Å². The fourth-order valence-electron chi connectivity index (χ4n) is 1.61. The van der Waals surface area contributed by atoms with Crippen molar-refractivity contribution in [3.8, 4) is 0 Å². The quantitative estimate of drug-likeness (QED) is 0.688. The van der Waals surface area contributed by atoms with E-state index in [1.165, 1.54) is 0 Å². The van der Waals surface area contributed by atoms with Gasteiger partial charge in [-0.25, -0.2) is 14.7 Å². The zero-order valence-electron chi connectivity index (χ0n) is 10.4. The molecule has 1 aliphatic heterocycles. The Bertz CT molecular complexity index is 294. The van der Waals surface area contributed by atoms with Crippen molar-refractivity contribution in [1.82, 2.24) is 10.3 Å². The number of amides is 2. The zero-order chi connectivity index (χ0) is 11.8. The Hall–Kier alpha value is -1.10. The van der Waals surface area contributed by atoms with E-state index >= 15 is 0 Å². The molecule has 5 heteroatoms. The summed E-state index contributed by atoms with van der Waals surface area (Å²) in [7, 11) is 3.84. The number of rotatable bonds is 2. The number of carbonyl (C=O) groups excluding carboxylic acids is 1. The maximum absolute atomic E-state index is 11.7. The molecule has 1 N–H and O–H groups in total. The minimum absolute atomic E-state index is 0.0746. The van der Waals surface area contributed by atoms with E-state index in [1.54, 1.807) is 4.90 Å². The van der Waals surface area contributed by atoms with Crippen molar-refractivity contribution < 1.29 is 9.39 Å². The Labute approximate surface area is 91.3 Å². The van der Waals surface area contributed by atoms with Gasteiger partial charge in [-0.05, 0) is 27.7 Å². The smallest absolute Gasteiger partial charge is 0.243 e. The van der Waals surface area contributed by atoms with E-state index in [0.717, 1.165) is 5.96 Å². The maximum atomic E-state index is 11.7. The molecular formula is C10H21N4O+. The highest BCUT2D eigenvalue weighted by molar-refractivity contribution is 5.97. The molecule has 1 heterocycles. The highest BCUT2D eigenvalue weighted by atomic mass is 16.2. The number of aliphatic imine (C=N–C) groups is 1. The lowest BCUT2D eigenvalue weighted by Gasteiger charge is -2.23. The first kappa shape index (κ1) is 12.0. The molecule has 0 radical (unpaired) electrons. The average Bonchev–Trinajstić information content (AvgIpc) is 2.20. The number of nitrogens with zero attached hydrogens (tertiary/aromatic N) is 3. The molecule has 86 valence electrons. The van der Waals surface area contributed by atoms with Crippen molar-refractivity contribution in [3.63, 3.8) is 0 Å². The van der Waals surface area contributed by atoms with Gasteiger partial charge < -0.3 is 0 Å². The molecule has 0 aromatic rings. The monoisotopic (exact) mass is 213 g/mol. The van der Waals surface area contributed by atoms with E-state index in [9.17, 15) is 4.79 Å². The van der Waals surface area contributed by atoms with Crippen LogP contribution in [-0.2, 0) is 0 Å².